The molecule has 0 aromatic carbocycles. The molecule has 4 nitrogen and oxygen atoms in total. The van der Waals surface area contributed by atoms with Gasteiger partial charge in [0.2, 0.25) is 0 Å². The second-order valence-electron chi connectivity index (χ2n) is 3.33. The maximum atomic E-state index is 8.08. The molecule has 0 bridgehead atoms. The highest BCUT2D eigenvalue weighted by molar-refractivity contribution is 5.49. The predicted molar refractivity (Wildman–Crippen MR) is 61.4 cm³/mol. The van der Waals surface area contributed by atoms with E-state index in [1.54, 1.807) is 0 Å². The van der Waals surface area contributed by atoms with Gasteiger partial charge in [0, 0.05) is 22.8 Å². The zero-order chi connectivity index (χ0) is 11.1. The van der Waals surface area contributed by atoms with Crippen LogP contribution in [0.5, 0.6) is 0 Å². The molecule has 0 atom stereocenters. The van der Waals surface area contributed by atoms with E-state index in [1.807, 2.05) is 38.1 Å². The van der Waals surface area contributed by atoms with E-state index in [9.17, 15) is 0 Å². The molecule has 0 unspecified atom stereocenters. The van der Waals surface area contributed by atoms with E-state index in [2.05, 4.69) is 15.0 Å². The smallest absolute Gasteiger partial charge is 0.0381 e. The van der Waals surface area contributed by atoms with Crippen molar-refractivity contribution in [3.63, 3.8) is 0 Å². The maximum Gasteiger partial charge on any atom is 0.0381 e. The number of aromatic nitrogens is 1. The van der Waals surface area contributed by atoms with Gasteiger partial charge in [-0.2, -0.15) is 0 Å². The lowest BCUT2D eigenvalue weighted by Crippen LogP contribution is -1.86. The monoisotopic (exact) mass is 202 g/mol. The lowest BCUT2D eigenvalue weighted by Gasteiger charge is -1.98. The quantitative estimate of drug-likeness (QED) is 0.319. The first-order valence-corrected chi connectivity index (χ1v) is 4.85. The fraction of sp³-hybridized carbons (Fsp3) is 0.364. The van der Waals surface area contributed by atoms with Crippen LogP contribution >= 0.6 is 0 Å². The lowest BCUT2D eigenvalue weighted by molar-refractivity contribution is 0.995. The third kappa shape index (κ3) is 4.29. The minimum absolute atomic E-state index is 0.510. The first kappa shape index (κ1) is 11.3. The highest BCUT2D eigenvalue weighted by Gasteiger charge is 1.92. The Hall–Kier alpha value is -1.80. The molecule has 0 saturated carbocycles. The number of nitrogens with zero attached hydrogens (tertiary/aromatic N) is 4. The Balaban J connectivity index is 2.59. The molecular formula is C11H14N4. The van der Waals surface area contributed by atoms with Gasteiger partial charge in [0.05, 0.1) is 0 Å². The molecule has 0 fully saturated rings. The molecule has 1 heterocycles. The topological polar surface area (TPSA) is 61.7 Å². The first-order valence-electron chi connectivity index (χ1n) is 4.85. The molecule has 78 valence electrons. The van der Waals surface area contributed by atoms with E-state index in [4.69, 9.17) is 5.53 Å². The number of hydrogen-bond acceptors (Lipinski definition) is 2. The van der Waals surface area contributed by atoms with E-state index in [0.717, 1.165) is 23.4 Å². The van der Waals surface area contributed by atoms with Crippen molar-refractivity contribution >= 4 is 6.08 Å². The molecule has 15 heavy (non-hydrogen) atoms. The largest absolute Gasteiger partial charge is 0.258 e. The molecule has 0 spiro atoms. The molecule has 0 aliphatic heterocycles. The van der Waals surface area contributed by atoms with Gasteiger partial charge in [-0.3, -0.25) is 4.98 Å². The van der Waals surface area contributed by atoms with Crippen LogP contribution in [0.2, 0.25) is 0 Å². The Labute approximate surface area is 89.3 Å². The van der Waals surface area contributed by atoms with E-state index < -0.39 is 0 Å². The van der Waals surface area contributed by atoms with E-state index >= 15 is 0 Å². The summed E-state index contributed by atoms with van der Waals surface area (Å²) in [6.07, 6.45) is 4.79. The fourth-order valence-electron chi connectivity index (χ4n) is 1.36. The number of pyridine rings is 1. The van der Waals surface area contributed by atoms with Gasteiger partial charge < -0.3 is 0 Å². The molecule has 0 N–H and O–H groups in total. The van der Waals surface area contributed by atoms with Gasteiger partial charge in [-0.1, -0.05) is 17.3 Å². The van der Waals surface area contributed by atoms with Crippen LogP contribution in [0.3, 0.4) is 0 Å². The van der Waals surface area contributed by atoms with Crippen molar-refractivity contribution in [3.8, 4) is 0 Å². The van der Waals surface area contributed by atoms with Crippen LogP contribution in [-0.4, -0.2) is 11.5 Å². The van der Waals surface area contributed by atoms with Crippen LogP contribution in [0.15, 0.2) is 23.3 Å². The van der Waals surface area contributed by atoms with Gasteiger partial charge in [-0.05, 0) is 43.5 Å². The standard InChI is InChI=1S/C11H14N4/c1-9-7-11(8-10(2)14-9)5-3-4-6-13-15-12/h3,5,7-8H,4,6H2,1-2H3. The summed E-state index contributed by atoms with van der Waals surface area (Å²) in [7, 11) is 0. The summed E-state index contributed by atoms with van der Waals surface area (Å²) in [5.74, 6) is 0. The molecule has 0 aliphatic rings. The summed E-state index contributed by atoms with van der Waals surface area (Å²) in [6, 6.07) is 4.05. The van der Waals surface area contributed by atoms with Crippen molar-refractivity contribution in [3.05, 3.63) is 45.6 Å². The van der Waals surface area contributed by atoms with Gasteiger partial charge >= 0.3 is 0 Å². The zero-order valence-electron chi connectivity index (χ0n) is 9.01. The third-order valence-corrected chi connectivity index (χ3v) is 1.87. The Morgan fingerprint density at radius 2 is 2.07 bits per heavy atom. The fourth-order valence-corrected chi connectivity index (χ4v) is 1.36. The summed E-state index contributed by atoms with van der Waals surface area (Å²) >= 11 is 0. The first-order chi connectivity index (χ1) is 7.22. The molecule has 0 radical (unpaired) electrons. The highest BCUT2D eigenvalue weighted by atomic mass is 15.1. The van der Waals surface area contributed by atoms with Gasteiger partial charge in [-0.15, -0.1) is 0 Å². The van der Waals surface area contributed by atoms with Crippen LogP contribution < -0.4 is 0 Å². The maximum absolute atomic E-state index is 8.08. The number of rotatable bonds is 4. The van der Waals surface area contributed by atoms with Gasteiger partial charge in [-0.25, -0.2) is 0 Å². The van der Waals surface area contributed by atoms with Crippen LogP contribution in [0.25, 0.3) is 16.5 Å². The molecule has 1 rings (SSSR count). The van der Waals surface area contributed by atoms with E-state index in [0.29, 0.717) is 6.54 Å². The average molecular weight is 202 g/mol. The normalized spacial score (nSPS) is 10.3. The molecular weight excluding hydrogens is 188 g/mol. The summed E-state index contributed by atoms with van der Waals surface area (Å²) in [6.45, 7) is 4.46. The molecule has 0 saturated heterocycles. The number of azide groups is 1. The van der Waals surface area contributed by atoms with Crippen molar-refractivity contribution in [2.45, 2.75) is 20.3 Å². The predicted octanol–water partition coefficient (Wildman–Crippen LogP) is 3.41. The molecule has 4 heteroatoms. The zero-order valence-corrected chi connectivity index (χ0v) is 9.01. The third-order valence-electron chi connectivity index (χ3n) is 1.87. The number of hydrogen-bond donors (Lipinski definition) is 0. The van der Waals surface area contributed by atoms with Gasteiger partial charge in [0.1, 0.15) is 0 Å². The van der Waals surface area contributed by atoms with Crippen LogP contribution in [0.4, 0.5) is 0 Å². The minimum atomic E-state index is 0.510. The molecule has 0 aliphatic carbocycles. The Bertz CT molecular complexity index is 383. The van der Waals surface area contributed by atoms with Crippen LogP contribution in [0, 0.1) is 13.8 Å². The van der Waals surface area contributed by atoms with Crippen molar-refractivity contribution in [1.29, 1.82) is 0 Å². The van der Waals surface area contributed by atoms with E-state index in [-0.39, 0.29) is 0 Å². The summed E-state index contributed by atoms with van der Waals surface area (Å²) in [4.78, 5) is 6.98. The van der Waals surface area contributed by atoms with Crippen molar-refractivity contribution in [2.24, 2.45) is 5.11 Å². The molecule has 1 aromatic heterocycles. The van der Waals surface area contributed by atoms with E-state index in [1.165, 1.54) is 0 Å². The second kappa shape index (κ2) is 5.83. The van der Waals surface area contributed by atoms with Crippen molar-refractivity contribution < 1.29 is 0 Å². The SMILES string of the molecule is Cc1cc(C=CCCN=[N+]=[N-])cc(C)n1. The van der Waals surface area contributed by atoms with Gasteiger partial charge in [0.15, 0.2) is 0 Å². The van der Waals surface area contributed by atoms with Crippen molar-refractivity contribution in [2.75, 3.05) is 6.54 Å². The highest BCUT2D eigenvalue weighted by Crippen LogP contribution is 2.07. The molecule has 0 amide bonds. The van der Waals surface area contributed by atoms with Crippen LogP contribution in [-0.2, 0) is 0 Å². The minimum Gasteiger partial charge on any atom is -0.258 e. The van der Waals surface area contributed by atoms with Crippen molar-refractivity contribution in [1.82, 2.24) is 4.98 Å². The summed E-state index contributed by atoms with van der Waals surface area (Å²) in [5, 5.41) is 3.46. The summed E-state index contributed by atoms with van der Waals surface area (Å²) < 4.78 is 0. The average Bonchev–Trinajstić information content (AvgIpc) is 2.16. The lowest BCUT2D eigenvalue weighted by atomic mass is 10.2. The number of aryl methyl sites for hydroxylation is 2. The second-order valence-corrected chi connectivity index (χ2v) is 3.33. The van der Waals surface area contributed by atoms with Gasteiger partial charge in [0.25, 0.3) is 0 Å². The Kier molecular flexibility index (Phi) is 4.38. The Morgan fingerprint density at radius 3 is 2.67 bits per heavy atom. The van der Waals surface area contributed by atoms with Crippen LogP contribution in [0.1, 0.15) is 23.4 Å². The summed E-state index contributed by atoms with van der Waals surface area (Å²) in [5.41, 5.74) is 11.3. The Morgan fingerprint density at radius 1 is 1.40 bits per heavy atom. The molecule has 1 aromatic rings.